The van der Waals surface area contributed by atoms with Crippen molar-refractivity contribution in [2.24, 2.45) is 5.92 Å². The molecule has 18 heavy (non-hydrogen) atoms. The Balaban J connectivity index is 1.64. The Morgan fingerprint density at radius 1 is 1.28 bits per heavy atom. The van der Waals surface area contributed by atoms with E-state index in [1.54, 1.807) is 6.20 Å². The zero-order chi connectivity index (χ0) is 12.5. The van der Waals surface area contributed by atoms with Gasteiger partial charge in [0.25, 0.3) is 0 Å². The molecule has 1 fully saturated rings. The number of hydrogen-bond donors (Lipinski definition) is 1. The van der Waals surface area contributed by atoms with Crippen molar-refractivity contribution < 1.29 is 9.90 Å². The van der Waals surface area contributed by atoms with Crippen LogP contribution in [0, 0.1) is 5.92 Å². The number of hydrogen-bond acceptors (Lipinski definition) is 3. The first-order valence-corrected chi connectivity index (χ1v) is 6.71. The molecule has 1 aromatic rings. The lowest BCUT2D eigenvalue weighted by Crippen LogP contribution is -2.44. The van der Waals surface area contributed by atoms with Crippen molar-refractivity contribution >= 4 is 5.91 Å². The van der Waals surface area contributed by atoms with Crippen LogP contribution in [0.15, 0.2) is 12.4 Å². The summed E-state index contributed by atoms with van der Waals surface area (Å²) in [4.78, 5) is 18.6. The largest absolute Gasteiger partial charge is 0.393 e. The van der Waals surface area contributed by atoms with E-state index >= 15 is 0 Å². The lowest BCUT2D eigenvalue weighted by Gasteiger charge is -2.33. The fraction of sp³-hybridized carbons (Fsp3) is 0.692. The Morgan fingerprint density at radius 3 is 2.83 bits per heavy atom. The van der Waals surface area contributed by atoms with Gasteiger partial charge in [0.2, 0.25) is 5.91 Å². The number of fused-ring (bicyclic) bond motifs is 1. The van der Waals surface area contributed by atoms with Crippen LogP contribution < -0.4 is 0 Å². The van der Waals surface area contributed by atoms with Crippen molar-refractivity contribution in [3.05, 3.63) is 18.2 Å². The molecule has 0 aromatic carbocycles. The summed E-state index contributed by atoms with van der Waals surface area (Å²) in [6.07, 6.45) is 6.65. The summed E-state index contributed by atoms with van der Waals surface area (Å²) in [5.41, 5.74) is 0. The summed E-state index contributed by atoms with van der Waals surface area (Å²) in [6.45, 7) is 2.29. The molecule has 3 rings (SSSR count). The molecule has 1 unspecified atom stereocenters. The Hall–Kier alpha value is -1.36. The van der Waals surface area contributed by atoms with E-state index in [-0.39, 0.29) is 17.9 Å². The Bertz CT molecular complexity index is 435. The molecule has 1 atom stereocenters. The van der Waals surface area contributed by atoms with Gasteiger partial charge in [-0.2, -0.15) is 0 Å². The van der Waals surface area contributed by atoms with Gasteiger partial charge >= 0.3 is 0 Å². The molecular weight excluding hydrogens is 230 g/mol. The van der Waals surface area contributed by atoms with Crippen LogP contribution in [0.1, 0.15) is 25.1 Å². The van der Waals surface area contributed by atoms with Crippen molar-refractivity contribution in [3.63, 3.8) is 0 Å². The van der Waals surface area contributed by atoms with Gasteiger partial charge in [-0.1, -0.05) is 0 Å². The van der Waals surface area contributed by atoms with E-state index in [4.69, 9.17) is 0 Å². The number of rotatable bonds is 1. The molecule has 0 saturated carbocycles. The molecule has 1 aromatic heterocycles. The molecule has 1 saturated heterocycles. The fourth-order valence-electron chi connectivity index (χ4n) is 2.91. The van der Waals surface area contributed by atoms with E-state index in [0.717, 1.165) is 25.2 Å². The summed E-state index contributed by atoms with van der Waals surface area (Å²) < 4.78 is 2.13. The number of aryl methyl sites for hydroxylation is 1. The van der Waals surface area contributed by atoms with Crippen molar-refractivity contribution in [2.75, 3.05) is 13.1 Å². The van der Waals surface area contributed by atoms with Gasteiger partial charge in [0, 0.05) is 44.4 Å². The summed E-state index contributed by atoms with van der Waals surface area (Å²) in [7, 11) is 0. The van der Waals surface area contributed by atoms with Crippen molar-refractivity contribution in [2.45, 2.75) is 38.3 Å². The molecule has 0 aliphatic carbocycles. The zero-order valence-electron chi connectivity index (χ0n) is 10.5. The van der Waals surface area contributed by atoms with Crippen molar-refractivity contribution in [1.82, 2.24) is 14.5 Å². The lowest BCUT2D eigenvalue weighted by molar-refractivity contribution is -0.138. The number of likely N-dealkylation sites (tertiary alicyclic amines) is 1. The number of piperidine rings is 1. The minimum absolute atomic E-state index is 0.0788. The summed E-state index contributed by atoms with van der Waals surface area (Å²) in [5, 5.41) is 9.47. The first-order chi connectivity index (χ1) is 8.74. The number of amides is 1. The van der Waals surface area contributed by atoms with Crippen LogP contribution in [0.25, 0.3) is 0 Å². The van der Waals surface area contributed by atoms with Crippen molar-refractivity contribution in [1.29, 1.82) is 0 Å². The second kappa shape index (κ2) is 4.72. The highest BCUT2D eigenvalue weighted by Gasteiger charge is 2.30. The summed E-state index contributed by atoms with van der Waals surface area (Å²) in [6, 6.07) is 0. The fourth-order valence-corrected chi connectivity index (χ4v) is 2.91. The van der Waals surface area contributed by atoms with Crippen LogP contribution in [-0.4, -0.2) is 44.7 Å². The number of nitrogens with zero attached hydrogens (tertiary/aromatic N) is 3. The molecule has 2 aliphatic heterocycles. The van der Waals surface area contributed by atoms with E-state index in [1.165, 1.54) is 0 Å². The number of carbonyl (C=O) groups is 1. The molecule has 5 nitrogen and oxygen atoms in total. The van der Waals surface area contributed by atoms with Crippen LogP contribution in [0.5, 0.6) is 0 Å². The van der Waals surface area contributed by atoms with Gasteiger partial charge in [-0.15, -0.1) is 0 Å². The van der Waals surface area contributed by atoms with Gasteiger partial charge in [-0.25, -0.2) is 4.98 Å². The van der Waals surface area contributed by atoms with Crippen LogP contribution in [0.3, 0.4) is 0 Å². The van der Waals surface area contributed by atoms with Gasteiger partial charge in [-0.05, 0) is 19.3 Å². The first-order valence-electron chi connectivity index (χ1n) is 6.71. The number of imidazole rings is 1. The molecule has 1 N–H and O–H groups in total. The Kier molecular flexibility index (Phi) is 3.07. The molecular formula is C13H19N3O2. The summed E-state index contributed by atoms with van der Waals surface area (Å²) in [5.74, 6) is 1.35. The Labute approximate surface area is 106 Å². The van der Waals surface area contributed by atoms with Gasteiger partial charge in [0.1, 0.15) is 5.82 Å². The first kappa shape index (κ1) is 11.7. The number of aliphatic hydroxyl groups is 1. The number of carbonyl (C=O) groups excluding carboxylic acids is 1. The van der Waals surface area contributed by atoms with E-state index in [9.17, 15) is 9.90 Å². The monoisotopic (exact) mass is 249 g/mol. The number of aliphatic hydroxyl groups excluding tert-OH is 1. The third-order valence-corrected chi connectivity index (χ3v) is 4.07. The SMILES string of the molecule is O=C(C1CCn2ccnc2C1)N1CCC(O)CC1. The van der Waals surface area contributed by atoms with Crippen molar-refractivity contribution in [3.8, 4) is 0 Å². The highest BCUT2D eigenvalue weighted by atomic mass is 16.3. The molecule has 98 valence electrons. The maximum absolute atomic E-state index is 12.4. The van der Waals surface area contributed by atoms with E-state index in [0.29, 0.717) is 25.9 Å². The minimum Gasteiger partial charge on any atom is -0.393 e. The minimum atomic E-state index is -0.223. The third-order valence-electron chi connectivity index (χ3n) is 4.07. The predicted octanol–water partition coefficient (Wildman–Crippen LogP) is 0.429. The second-order valence-corrected chi connectivity index (χ2v) is 5.28. The standard InChI is InChI=1S/C13H19N3O2/c17-11-2-6-16(7-3-11)13(18)10-1-5-15-8-4-14-12(15)9-10/h4,8,10-11,17H,1-3,5-7,9H2. The van der Waals surface area contributed by atoms with Gasteiger partial charge in [0.05, 0.1) is 6.10 Å². The average Bonchev–Trinajstić information content (AvgIpc) is 2.86. The van der Waals surface area contributed by atoms with Crippen LogP contribution in [-0.2, 0) is 17.8 Å². The lowest BCUT2D eigenvalue weighted by atomic mass is 9.95. The normalized spacial score (nSPS) is 24.9. The molecule has 0 bridgehead atoms. The molecule has 0 spiro atoms. The molecule has 5 heteroatoms. The van der Waals surface area contributed by atoms with E-state index in [2.05, 4.69) is 9.55 Å². The van der Waals surface area contributed by atoms with Gasteiger partial charge in [-0.3, -0.25) is 4.79 Å². The second-order valence-electron chi connectivity index (χ2n) is 5.28. The number of aromatic nitrogens is 2. The maximum atomic E-state index is 12.4. The topological polar surface area (TPSA) is 58.4 Å². The highest BCUT2D eigenvalue weighted by Crippen LogP contribution is 2.22. The van der Waals surface area contributed by atoms with Gasteiger partial charge < -0.3 is 14.6 Å². The van der Waals surface area contributed by atoms with E-state index < -0.39 is 0 Å². The van der Waals surface area contributed by atoms with Crippen LogP contribution in [0.4, 0.5) is 0 Å². The smallest absolute Gasteiger partial charge is 0.226 e. The van der Waals surface area contributed by atoms with Gasteiger partial charge in [0.15, 0.2) is 0 Å². The zero-order valence-corrected chi connectivity index (χ0v) is 10.5. The van der Waals surface area contributed by atoms with Crippen LogP contribution in [0.2, 0.25) is 0 Å². The quantitative estimate of drug-likeness (QED) is 0.785. The maximum Gasteiger partial charge on any atom is 0.226 e. The van der Waals surface area contributed by atoms with E-state index in [1.807, 2.05) is 11.1 Å². The summed E-state index contributed by atoms with van der Waals surface area (Å²) >= 11 is 0. The van der Waals surface area contributed by atoms with Crippen LogP contribution >= 0.6 is 0 Å². The Morgan fingerprint density at radius 2 is 2.06 bits per heavy atom. The molecule has 1 amide bonds. The third kappa shape index (κ3) is 2.14. The molecule has 2 aliphatic rings. The molecule has 0 radical (unpaired) electrons. The molecule has 3 heterocycles. The predicted molar refractivity (Wildman–Crippen MR) is 65.9 cm³/mol. The highest BCUT2D eigenvalue weighted by molar-refractivity contribution is 5.79. The average molecular weight is 249 g/mol.